The lowest BCUT2D eigenvalue weighted by Gasteiger charge is -2.39. The number of halogens is 1. The van der Waals surface area contributed by atoms with Gasteiger partial charge < -0.3 is 15.5 Å². The van der Waals surface area contributed by atoms with Gasteiger partial charge in [-0.2, -0.15) is 0 Å². The van der Waals surface area contributed by atoms with Gasteiger partial charge in [0.2, 0.25) is 5.91 Å². The number of benzene rings is 2. The number of nitrogens with one attached hydrogen (secondary N) is 2. The maximum absolute atomic E-state index is 13.6. The minimum Gasteiger partial charge on any atom is -0.381 e. The molecule has 180 valence electrons. The summed E-state index contributed by atoms with van der Waals surface area (Å²) in [6.45, 7) is 3.52. The molecule has 6 nitrogen and oxygen atoms in total. The second-order valence-electron chi connectivity index (χ2n) is 9.59. The van der Waals surface area contributed by atoms with Crippen molar-refractivity contribution < 1.29 is 14.0 Å². The van der Waals surface area contributed by atoms with E-state index >= 15 is 0 Å². The first-order chi connectivity index (χ1) is 16.9. The van der Waals surface area contributed by atoms with Gasteiger partial charge in [-0.05, 0) is 66.8 Å². The third-order valence-electron chi connectivity index (χ3n) is 7.21. The summed E-state index contributed by atoms with van der Waals surface area (Å²) >= 11 is 0. The number of nitrogens with zero attached hydrogens (tertiary/aromatic N) is 2. The topological polar surface area (TPSA) is 74.3 Å². The molecule has 0 unspecified atom stereocenters. The number of carbonyl (C=O) groups is 2. The largest absolute Gasteiger partial charge is 0.381 e. The zero-order valence-corrected chi connectivity index (χ0v) is 19.8. The number of hydrogen-bond donors (Lipinski definition) is 2. The van der Waals surface area contributed by atoms with E-state index in [-0.39, 0.29) is 23.5 Å². The van der Waals surface area contributed by atoms with E-state index < -0.39 is 5.54 Å². The minimum atomic E-state index is -0.533. The molecule has 7 heteroatoms. The van der Waals surface area contributed by atoms with E-state index in [0.29, 0.717) is 31.6 Å². The molecule has 1 spiro atoms. The van der Waals surface area contributed by atoms with Crippen molar-refractivity contribution in [2.45, 2.75) is 44.2 Å². The maximum atomic E-state index is 13.6. The summed E-state index contributed by atoms with van der Waals surface area (Å²) in [5.74, 6) is -0.453. The van der Waals surface area contributed by atoms with Crippen LogP contribution in [0.25, 0.3) is 0 Å². The summed E-state index contributed by atoms with van der Waals surface area (Å²) in [5.41, 5.74) is 4.00. The standard InChI is InChI=1S/C28H29FN4O2/c1-19-6-7-22(14-25(19)31-16-20-4-3-13-30-15-20)27(35)33-17-24(21-8-10-23(29)11-9-21)28(18-33)12-2-5-26(34)32-28/h3-4,6-11,13-15,24,31H,2,5,12,16-18H2,1H3,(H,32,34)/t24-,28+/m0/s1. The molecule has 0 radical (unpaired) electrons. The molecule has 2 fully saturated rings. The summed E-state index contributed by atoms with van der Waals surface area (Å²) in [4.78, 5) is 32.0. The molecule has 5 rings (SSSR count). The number of rotatable bonds is 5. The number of pyridine rings is 1. The van der Waals surface area contributed by atoms with Crippen LogP contribution in [0.3, 0.4) is 0 Å². The van der Waals surface area contributed by atoms with E-state index in [1.165, 1.54) is 12.1 Å². The van der Waals surface area contributed by atoms with Crippen LogP contribution in [0.5, 0.6) is 0 Å². The molecule has 0 saturated carbocycles. The number of aromatic nitrogens is 1. The summed E-state index contributed by atoms with van der Waals surface area (Å²) in [5, 5.41) is 6.62. The lowest BCUT2D eigenvalue weighted by molar-refractivity contribution is -0.125. The molecule has 0 bridgehead atoms. The molecule has 2 atom stereocenters. The average molecular weight is 473 g/mol. The molecular weight excluding hydrogens is 443 g/mol. The second-order valence-corrected chi connectivity index (χ2v) is 9.59. The van der Waals surface area contributed by atoms with Gasteiger partial charge in [-0.25, -0.2) is 4.39 Å². The van der Waals surface area contributed by atoms with E-state index in [1.54, 1.807) is 18.3 Å². The first-order valence-corrected chi connectivity index (χ1v) is 12.0. The Morgan fingerprint density at radius 3 is 2.80 bits per heavy atom. The zero-order chi connectivity index (χ0) is 24.4. The van der Waals surface area contributed by atoms with Gasteiger partial charge in [0.05, 0.1) is 5.54 Å². The smallest absolute Gasteiger partial charge is 0.254 e. The van der Waals surface area contributed by atoms with Crippen LogP contribution in [0.1, 0.15) is 52.2 Å². The molecule has 2 saturated heterocycles. The van der Waals surface area contributed by atoms with Crippen LogP contribution in [-0.4, -0.2) is 40.3 Å². The third-order valence-corrected chi connectivity index (χ3v) is 7.21. The highest BCUT2D eigenvalue weighted by molar-refractivity contribution is 5.96. The van der Waals surface area contributed by atoms with Gasteiger partial charge in [-0.3, -0.25) is 14.6 Å². The van der Waals surface area contributed by atoms with Crippen molar-refractivity contribution in [3.05, 3.63) is 95.1 Å². The second kappa shape index (κ2) is 9.49. The first kappa shape index (κ1) is 23.0. The predicted molar refractivity (Wildman–Crippen MR) is 133 cm³/mol. The summed E-state index contributed by atoms with van der Waals surface area (Å²) in [6.07, 6.45) is 5.62. The van der Waals surface area contributed by atoms with Crippen molar-refractivity contribution >= 4 is 17.5 Å². The van der Waals surface area contributed by atoms with Gasteiger partial charge in [0, 0.05) is 55.6 Å². The number of likely N-dealkylation sites (tertiary alicyclic amines) is 1. The van der Waals surface area contributed by atoms with Crippen molar-refractivity contribution in [1.29, 1.82) is 0 Å². The van der Waals surface area contributed by atoms with E-state index in [0.717, 1.165) is 35.2 Å². The fourth-order valence-electron chi connectivity index (χ4n) is 5.36. The molecule has 2 aromatic carbocycles. The Hall–Kier alpha value is -3.74. The van der Waals surface area contributed by atoms with E-state index in [1.807, 2.05) is 48.4 Å². The van der Waals surface area contributed by atoms with Crippen molar-refractivity contribution in [2.24, 2.45) is 0 Å². The number of aryl methyl sites for hydroxylation is 1. The fourth-order valence-corrected chi connectivity index (χ4v) is 5.36. The molecule has 2 N–H and O–H groups in total. The quantitative estimate of drug-likeness (QED) is 0.577. The van der Waals surface area contributed by atoms with E-state index in [4.69, 9.17) is 0 Å². The van der Waals surface area contributed by atoms with Gasteiger partial charge in [-0.15, -0.1) is 0 Å². The molecule has 35 heavy (non-hydrogen) atoms. The fraction of sp³-hybridized carbons (Fsp3) is 0.321. The highest BCUT2D eigenvalue weighted by atomic mass is 19.1. The van der Waals surface area contributed by atoms with Crippen molar-refractivity contribution in [3.8, 4) is 0 Å². The SMILES string of the molecule is Cc1ccc(C(=O)N2C[C@@H](c3ccc(F)cc3)[C@@]3(CCCC(=O)N3)C2)cc1NCc1cccnc1. The average Bonchev–Trinajstić information content (AvgIpc) is 3.22. The lowest BCUT2D eigenvalue weighted by atomic mass is 9.76. The highest BCUT2D eigenvalue weighted by Gasteiger charge is 2.50. The predicted octanol–water partition coefficient (Wildman–Crippen LogP) is 4.42. The number of carbonyl (C=O) groups excluding carboxylic acids is 2. The number of anilines is 1. The number of amides is 2. The Balaban J connectivity index is 1.39. The number of piperidine rings is 1. The monoisotopic (exact) mass is 472 g/mol. The van der Waals surface area contributed by atoms with Crippen LogP contribution in [-0.2, 0) is 11.3 Å². The summed E-state index contributed by atoms with van der Waals surface area (Å²) in [7, 11) is 0. The molecule has 0 aliphatic carbocycles. The van der Waals surface area contributed by atoms with Gasteiger partial charge >= 0.3 is 0 Å². The normalized spacial score (nSPS) is 21.7. The Morgan fingerprint density at radius 1 is 1.23 bits per heavy atom. The molecule has 2 aliphatic rings. The van der Waals surface area contributed by atoms with Crippen molar-refractivity contribution in [3.63, 3.8) is 0 Å². The summed E-state index contributed by atoms with van der Waals surface area (Å²) in [6, 6.07) is 16.0. The lowest BCUT2D eigenvalue weighted by Crippen LogP contribution is -2.56. The molecule has 3 heterocycles. The van der Waals surface area contributed by atoms with Crippen molar-refractivity contribution in [2.75, 3.05) is 18.4 Å². The van der Waals surface area contributed by atoms with Crippen LogP contribution >= 0.6 is 0 Å². The Labute approximate surface area is 204 Å². The molecule has 1 aromatic heterocycles. The Morgan fingerprint density at radius 2 is 2.06 bits per heavy atom. The van der Waals surface area contributed by atoms with Gasteiger partial charge in [0.25, 0.3) is 5.91 Å². The number of hydrogen-bond acceptors (Lipinski definition) is 4. The molecular formula is C28H29FN4O2. The van der Waals surface area contributed by atoms with E-state index in [9.17, 15) is 14.0 Å². The third kappa shape index (κ3) is 4.76. The van der Waals surface area contributed by atoms with E-state index in [2.05, 4.69) is 15.6 Å². The van der Waals surface area contributed by atoms with Gasteiger partial charge in [-0.1, -0.05) is 24.3 Å². The zero-order valence-electron chi connectivity index (χ0n) is 19.8. The van der Waals surface area contributed by atoms with Crippen LogP contribution in [0, 0.1) is 12.7 Å². The molecule has 2 aliphatic heterocycles. The highest BCUT2D eigenvalue weighted by Crippen LogP contribution is 2.42. The minimum absolute atomic E-state index is 0.00915. The van der Waals surface area contributed by atoms with Crippen LogP contribution in [0.15, 0.2) is 67.0 Å². The van der Waals surface area contributed by atoms with Crippen LogP contribution in [0.2, 0.25) is 0 Å². The van der Waals surface area contributed by atoms with Gasteiger partial charge in [0.15, 0.2) is 0 Å². The van der Waals surface area contributed by atoms with Crippen molar-refractivity contribution in [1.82, 2.24) is 15.2 Å². The molecule has 3 aromatic rings. The molecule has 2 amide bonds. The van der Waals surface area contributed by atoms with Gasteiger partial charge in [0.1, 0.15) is 5.82 Å². The van der Waals surface area contributed by atoms with Crippen LogP contribution < -0.4 is 10.6 Å². The Bertz CT molecular complexity index is 1230. The maximum Gasteiger partial charge on any atom is 0.254 e. The van der Waals surface area contributed by atoms with Crippen LogP contribution in [0.4, 0.5) is 10.1 Å². The first-order valence-electron chi connectivity index (χ1n) is 12.0. The Kier molecular flexibility index (Phi) is 6.24. The summed E-state index contributed by atoms with van der Waals surface area (Å²) < 4.78 is 13.6.